The van der Waals surface area contributed by atoms with Crippen LogP contribution in [-0.2, 0) is 4.74 Å². The molecule has 0 radical (unpaired) electrons. The van der Waals surface area contributed by atoms with Crippen LogP contribution in [0, 0.1) is 11.3 Å². The van der Waals surface area contributed by atoms with Gasteiger partial charge in [0.1, 0.15) is 6.07 Å². The Kier molecular flexibility index (Phi) is 4.09. The van der Waals surface area contributed by atoms with Crippen molar-refractivity contribution in [1.29, 1.82) is 5.26 Å². The summed E-state index contributed by atoms with van der Waals surface area (Å²) in [6.07, 6.45) is 1.50. The molecule has 9 nitrogen and oxygen atoms in total. The van der Waals surface area contributed by atoms with Crippen LogP contribution in [0.5, 0.6) is 6.08 Å². The molecule has 0 saturated carbocycles. The minimum Gasteiger partial charge on any atom is -0.464 e. The third kappa shape index (κ3) is 2.76. The molecule has 0 unspecified atom stereocenters. The summed E-state index contributed by atoms with van der Waals surface area (Å²) >= 11 is 0. The van der Waals surface area contributed by atoms with E-state index in [1.807, 2.05) is 6.07 Å². The number of methoxy groups -OCH3 is 2. The molecule has 0 aliphatic rings. The minimum absolute atomic E-state index is 0.0348. The van der Waals surface area contributed by atoms with Crippen molar-refractivity contribution in [3.63, 3.8) is 0 Å². The maximum atomic E-state index is 12.1. The summed E-state index contributed by atoms with van der Waals surface area (Å²) in [5.74, 6) is -0.329. The van der Waals surface area contributed by atoms with Gasteiger partial charge in [0.2, 0.25) is 5.82 Å². The van der Waals surface area contributed by atoms with E-state index in [4.69, 9.17) is 19.7 Å². The first-order chi connectivity index (χ1) is 12.1. The molecule has 25 heavy (non-hydrogen) atoms. The fourth-order valence-electron chi connectivity index (χ4n) is 2.32. The third-order valence-corrected chi connectivity index (χ3v) is 3.51. The van der Waals surface area contributed by atoms with Gasteiger partial charge in [-0.1, -0.05) is 17.3 Å². The number of ether oxygens (including phenoxy) is 2. The van der Waals surface area contributed by atoms with Gasteiger partial charge < -0.3 is 19.8 Å². The first-order valence-corrected chi connectivity index (χ1v) is 7.06. The number of esters is 1. The van der Waals surface area contributed by atoms with Gasteiger partial charge in [-0.25, -0.2) is 4.79 Å². The average Bonchev–Trinajstić information content (AvgIpc) is 3.25. The Morgan fingerprint density at radius 2 is 2.20 bits per heavy atom. The third-order valence-electron chi connectivity index (χ3n) is 3.51. The van der Waals surface area contributed by atoms with Gasteiger partial charge in [0.05, 0.1) is 25.5 Å². The van der Waals surface area contributed by atoms with Crippen LogP contribution >= 0.6 is 0 Å². The first kappa shape index (κ1) is 16.1. The van der Waals surface area contributed by atoms with Gasteiger partial charge in [0.25, 0.3) is 0 Å². The quantitative estimate of drug-likeness (QED) is 0.712. The molecule has 9 heteroatoms. The monoisotopic (exact) mass is 339 g/mol. The zero-order valence-corrected chi connectivity index (χ0v) is 13.4. The molecule has 126 valence electrons. The van der Waals surface area contributed by atoms with Crippen LogP contribution in [0.15, 0.2) is 35.0 Å². The number of hydrogen-bond donors (Lipinski definition) is 1. The Morgan fingerprint density at radius 1 is 1.40 bits per heavy atom. The molecule has 0 amide bonds. The van der Waals surface area contributed by atoms with Gasteiger partial charge in [-0.05, 0) is 12.1 Å². The number of hydrogen-bond acceptors (Lipinski definition) is 8. The van der Waals surface area contributed by atoms with E-state index in [0.29, 0.717) is 17.1 Å². The molecule has 2 aromatic heterocycles. The Labute approximate surface area is 142 Å². The molecular weight excluding hydrogens is 326 g/mol. The molecule has 0 fully saturated rings. The van der Waals surface area contributed by atoms with Crippen molar-refractivity contribution in [1.82, 2.24) is 14.7 Å². The van der Waals surface area contributed by atoms with Gasteiger partial charge in [-0.15, -0.1) is 0 Å². The molecule has 0 atom stereocenters. The van der Waals surface area contributed by atoms with Crippen molar-refractivity contribution in [2.75, 3.05) is 20.0 Å². The highest BCUT2D eigenvalue weighted by molar-refractivity contribution is 5.96. The van der Waals surface area contributed by atoms with Crippen LogP contribution in [0.4, 0.5) is 5.69 Å². The molecule has 1 aromatic carbocycles. The lowest BCUT2D eigenvalue weighted by atomic mass is 10.2. The summed E-state index contributed by atoms with van der Waals surface area (Å²) in [5, 5.41) is 13.0. The summed E-state index contributed by atoms with van der Waals surface area (Å²) in [5.41, 5.74) is 7.41. The minimum atomic E-state index is -0.648. The van der Waals surface area contributed by atoms with Crippen molar-refractivity contribution in [2.45, 2.75) is 0 Å². The van der Waals surface area contributed by atoms with Crippen LogP contribution in [-0.4, -0.2) is 34.9 Å². The maximum Gasteiger partial charge on any atom is 0.417 e. The average molecular weight is 339 g/mol. The number of aromatic nitrogens is 3. The Balaban J connectivity index is 2.13. The Bertz CT molecular complexity index is 983. The molecule has 0 bridgehead atoms. The first-order valence-electron chi connectivity index (χ1n) is 7.06. The molecule has 0 saturated heterocycles. The van der Waals surface area contributed by atoms with Crippen molar-refractivity contribution < 1.29 is 18.8 Å². The van der Waals surface area contributed by atoms with E-state index in [1.54, 1.807) is 24.3 Å². The van der Waals surface area contributed by atoms with E-state index in [0.717, 1.165) is 0 Å². The second-order valence-electron chi connectivity index (χ2n) is 4.92. The van der Waals surface area contributed by atoms with E-state index < -0.39 is 5.97 Å². The summed E-state index contributed by atoms with van der Waals surface area (Å²) < 4.78 is 16.0. The lowest BCUT2D eigenvalue weighted by Gasteiger charge is -2.09. The fourth-order valence-corrected chi connectivity index (χ4v) is 2.32. The molecule has 3 aromatic rings. The zero-order valence-electron chi connectivity index (χ0n) is 13.4. The van der Waals surface area contributed by atoms with Crippen molar-refractivity contribution in [3.8, 4) is 29.2 Å². The smallest absolute Gasteiger partial charge is 0.417 e. The van der Waals surface area contributed by atoms with Crippen LogP contribution in [0.1, 0.15) is 16.1 Å². The van der Waals surface area contributed by atoms with Crippen LogP contribution < -0.4 is 10.5 Å². The summed E-state index contributed by atoms with van der Waals surface area (Å²) in [6, 6.07) is 8.93. The summed E-state index contributed by atoms with van der Waals surface area (Å²) in [4.78, 5) is 16.1. The molecule has 2 N–H and O–H groups in total. The standard InChI is InChI=1S/C16H13N5O4/c1-23-15(22)13-12(18)10(7-17)8-21(13)11-5-3-4-9(6-11)14-19-16(24-2)25-20-14/h3-6,8H,18H2,1-2H3. The highest BCUT2D eigenvalue weighted by Crippen LogP contribution is 2.27. The number of nitriles is 1. The zero-order chi connectivity index (χ0) is 18.0. The van der Waals surface area contributed by atoms with E-state index in [1.165, 1.54) is 25.0 Å². The number of rotatable bonds is 4. The molecule has 3 rings (SSSR count). The predicted molar refractivity (Wildman–Crippen MR) is 86.1 cm³/mol. The second kappa shape index (κ2) is 6.37. The van der Waals surface area contributed by atoms with Crippen LogP contribution in [0.25, 0.3) is 17.1 Å². The molecule has 0 spiro atoms. The molecule has 2 heterocycles. The topological polar surface area (TPSA) is 129 Å². The second-order valence-corrected chi connectivity index (χ2v) is 4.92. The number of carbonyl (C=O) groups is 1. The van der Waals surface area contributed by atoms with Gasteiger partial charge in [0.15, 0.2) is 5.69 Å². The number of nitrogens with two attached hydrogens (primary N) is 1. The molecular formula is C16H13N5O4. The number of benzene rings is 1. The van der Waals surface area contributed by atoms with E-state index in [-0.39, 0.29) is 23.0 Å². The Hall–Kier alpha value is -3.80. The van der Waals surface area contributed by atoms with Gasteiger partial charge in [-0.3, -0.25) is 4.52 Å². The highest BCUT2D eigenvalue weighted by atomic mass is 16.6. The van der Waals surface area contributed by atoms with E-state index in [2.05, 4.69) is 10.1 Å². The van der Waals surface area contributed by atoms with Crippen LogP contribution in [0.2, 0.25) is 0 Å². The Morgan fingerprint density at radius 3 is 2.84 bits per heavy atom. The number of anilines is 1. The van der Waals surface area contributed by atoms with E-state index >= 15 is 0 Å². The summed E-state index contributed by atoms with van der Waals surface area (Å²) in [6.45, 7) is 0. The predicted octanol–water partition coefficient (Wildman–Crippen LogP) is 1.78. The molecule has 0 aliphatic heterocycles. The van der Waals surface area contributed by atoms with Gasteiger partial charge in [-0.2, -0.15) is 10.2 Å². The lowest BCUT2D eigenvalue weighted by Crippen LogP contribution is -2.11. The number of carbonyl (C=O) groups excluding carboxylic acids is 1. The largest absolute Gasteiger partial charge is 0.464 e. The van der Waals surface area contributed by atoms with Gasteiger partial charge >= 0.3 is 12.0 Å². The number of nitrogen functional groups attached to an aromatic ring is 1. The molecule has 0 aliphatic carbocycles. The van der Waals surface area contributed by atoms with Crippen molar-refractivity contribution >= 4 is 11.7 Å². The normalized spacial score (nSPS) is 10.3. The number of nitrogens with zero attached hydrogens (tertiary/aromatic N) is 4. The SMILES string of the molecule is COC(=O)c1c(N)c(C#N)cn1-c1cccc(-c2noc(OC)n2)c1. The van der Waals surface area contributed by atoms with Crippen molar-refractivity contribution in [3.05, 3.63) is 41.7 Å². The lowest BCUT2D eigenvalue weighted by molar-refractivity contribution is 0.0593. The van der Waals surface area contributed by atoms with E-state index in [9.17, 15) is 10.1 Å². The maximum absolute atomic E-state index is 12.1. The van der Waals surface area contributed by atoms with Crippen LogP contribution in [0.3, 0.4) is 0 Å². The van der Waals surface area contributed by atoms with Gasteiger partial charge in [0, 0.05) is 17.4 Å². The van der Waals surface area contributed by atoms with Crippen molar-refractivity contribution in [2.24, 2.45) is 0 Å². The summed E-state index contributed by atoms with van der Waals surface area (Å²) in [7, 11) is 2.66. The highest BCUT2D eigenvalue weighted by Gasteiger charge is 2.22. The fraction of sp³-hybridized carbons (Fsp3) is 0.125.